The molecule has 2 aromatic carbocycles. The first kappa shape index (κ1) is 29.4. The molecule has 0 aliphatic carbocycles. The molecule has 0 bridgehead atoms. The molecule has 2 fully saturated rings. The minimum absolute atomic E-state index is 0.0182. The second-order valence-corrected chi connectivity index (χ2v) is 12.5. The van der Waals surface area contributed by atoms with Crippen LogP contribution in [0.4, 0.5) is 4.79 Å². The number of sulfonamides is 1. The van der Waals surface area contributed by atoms with Crippen LogP contribution in [0.5, 0.6) is 0 Å². The Bertz CT molecular complexity index is 1160. The molecule has 2 aliphatic rings. The van der Waals surface area contributed by atoms with Crippen molar-refractivity contribution in [3.63, 3.8) is 0 Å². The maximum absolute atomic E-state index is 13.5. The predicted molar refractivity (Wildman–Crippen MR) is 143 cm³/mol. The topological polar surface area (TPSA) is 135 Å². The first-order chi connectivity index (χ1) is 18.7. The number of hydrogen-bond acceptors (Lipinski definition) is 8. The molecule has 2 aromatic rings. The van der Waals surface area contributed by atoms with E-state index in [9.17, 15) is 23.4 Å². The van der Waals surface area contributed by atoms with Gasteiger partial charge in [0, 0.05) is 25.4 Å². The van der Waals surface area contributed by atoms with Gasteiger partial charge in [-0.05, 0) is 42.0 Å². The number of ether oxygens (including phenoxy) is 3. The predicted octanol–water partition coefficient (Wildman–Crippen LogP) is 2.63. The minimum atomic E-state index is -3.96. The van der Waals surface area contributed by atoms with Crippen molar-refractivity contribution >= 4 is 16.1 Å². The van der Waals surface area contributed by atoms with E-state index in [2.05, 4.69) is 5.32 Å². The van der Waals surface area contributed by atoms with Crippen LogP contribution in [0.1, 0.15) is 37.8 Å². The molecular formula is C28H38N2O8S. The molecule has 214 valence electrons. The Labute approximate surface area is 229 Å². The number of alkyl carbamates (subject to hydrolysis) is 1. The second-order valence-electron chi connectivity index (χ2n) is 10.5. The third-order valence-electron chi connectivity index (χ3n) is 6.94. The normalized spacial score (nSPS) is 22.6. The highest BCUT2D eigenvalue weighted by atomic mass is 32.2. The van der Waals surface area contributed by atoms with Gasteiger partial charge in [-0.15, -0.1) is 0 Å². The number of aliphatic hydroxyl groups excluding tert-OH is 2. The summed E-state index contributed by atoms with van der Waals surface area (Å²) in [6.45, 7) is 4.14. The molecule has 0 spiro atoms. The molecule has 4 rings (SSSR count). The third kappa shape index (κ3) is 7.77. The van der Waals surface area contributed by atoms with E-state index >= 15 is 0 Å². The number of benzene rings is 2. The summed E-state index contributed by atoms with van der Waals surface area (Å²) < 4.78 is 45.0. The highest BCUT2D eigenvalue weighted by molar-refractivity contribution is 7.89. The number of nitrogens with zero attached hydrogens (tertiary/aromatic N) is 1. The van der Waals surface area contributed by atoms with E-state index in [-0.39, 0.29) is 49.1 Å². The van der Waals surface area contributed by atoms with Crippen LogP contribution in [0.3, 0.4) is 0 Å². The molecule has 2 heterocycles. The molecule has 5 atom stereocenters. The minimum Gasteiger partial charge on any atom is -0.420 e. The van der Waals surface area contributed by atoms with Crippen LogP contribution in [0.2, 0.25) is 0 Å². The molecule has 0 saturated carbocycles. The van der Waals surface area contributed by atoms with Crippen LogP contribution < -0.4 is 5.32 Å². The summed E-state index contributed by atoms with van der Waals surface area (Å²) in [6, 6.07) is 14.5. The first-order valence-electron chi connectivity index (χ1n) is 13.3. The van der Waals surface area contributed by atoms with Crippen LogP contribution in [-0.4, -0.2) is 73.5 Å². The van der Waals surface area contributed by atoms with Gasteiger partial charge in [-0.25, -0.2) is 13.2 Å². The van der Waals surface area contributed by atoms with Crippen molar-refractivity contribution in [3.8, 4) is 0 Å². The SMILES string of the molecule is CC(C)CN(C[C@@H](O)[C@H](Cc1ccccc1)NC(=O)OC1CC2CCOC2O1)S(=O)(=O)c1ccc(CO)cc1. The van der Waals surface area contributed by atoms with Gasteiger partial charge < -0.3 is 29.7 Å². The van der Waals surface area contributed by atoms with E-state index in [4.69, 9.17) is 14.2 Å². The zero-order valence-electron chi connectivity index (χ0n) is 22.3. The van der Waals surface area contributed by atoms with Crippen molar-refractivity contribution in [3.05, 3.63) is 65.7 Å². The number of aliphatic hydroxyl groups is 2. The van der Waals surface area contributed by atoms with Gasteiger partial charge in [-0.3, -0.25) is 0 Å². The van der Waals surface area contributed by atoms with Gasteiger partial charge >= 0.3 is 6.09 Å². The van der Waals surface area contributed by atoms with Crippen molar-refractivity contribution in [1.82, 2.24) is 9.62 Å². The number of nitrogens with one attached hydrogen (secondary N) is 1. The summed E-state index contributed by atoms with van der Waals surface area (Å²) in [4.78, 5) is 12.9. The van der Waals surface area contributed by atoms with Gasteiger partial charge in [-0.2, -0.15) is 4.31 Å². The van der Waals surface area contributed by atoms with E-state index in [1.165, 1.54) is 16.4 Å². The standard InChI is InChI=1S/C28H38N2O8S/c1-19(2)16-30(39(34,35)23-10-8-21(18-31)9-11-23)17-25(32)24(14-20-6-4-3-5-7-20)29-28(33)38-26-15-22-12-13-36-27(22)37-26/h3-11,19,22,24-27,31-32H,12-18H2,1-2H3,(H,29,33)/t22?,24-,25+,26?,27?/m0/s1. The molecule has 0 aromatic heterocycles. The summed E-state index contributed by atoms with van der Waals surface area (Å²) >= 11 is 0. The lowest BCUT2D eigenvalue weighted by atomic mass is 10.0. The molecule has 10 nitrogen and oxygen atoms in total. The van der Waals surface area contributed by atoms with Gasteiger partial charge in [0.15, 0.2) is 6.29 Å². The van der Waals surface area contributed by atoms with Gasteiger partial charge in [0.2, 0.25) is 16.3 Å². The monoisotopic (exact) mass is 562 g/mol. The Morgan fingerprint density at radius 3 is 2.46 bits per heavy atom. The van der Waals surface area contributed by atoms with Gasteiger partial charge in [0.25, 0.3) is 0 Å². The van der Waals surface area contributed by atoms with E-state index in [1.54, 1.807) is 12.1 Å². The number of amides is 1. The summed E-state index contributed by atoms with van der Waals surface area (Å²) in [6.07, 6.45) is -1.45. The van der Waals surface area contributed by atoms with E-state index in [0.29, 0.717) is 18.6 Å². The largest absolute Gasteiger partial charge is 0.420 e. The van der Waals surface area contributed by atoms with Crippen molar-refractivity contribution in [2.75, 3.05) is 19.7 Å². The second kappa shape index (κ2) is 13.2. The summed E-state index contributed by atoms with van der Waals surface area (Å²) in [5, 5.41) is 23.4. The lowest BCUT2D eigenvalue weighted by molar-refractivity contribution is -0.176. The fourth-order valence-electron chi connectivity index (χ4n) is 4.90. The van der Waals surface area contributed by atoms with Gasteiger partial charge in [0.05, 0.1) is 30.3 Å². The summed E-state index contributed by atoms with van der Waals surface area (Å²) in [7, 11) is -3.96. The Kier molecular flexibility index (Phi) is 9.97. The molecule has 3 N–H and O–H groups in total. The first-order valence-corrected chi connectivity index (χ1v) is 14.8. The molecule has 3 unspecified atom stereocenters. The zero-order chi connectivity index (χ0) is 28.0. The smallest absolute Gasteiger partial charge is 0.409 e. The molecule has 11 heteroatoms. The highest BCUT2D eigenvalue weighted by Gasteiger charge is 2.41. The number of fused-ring (bicyclic) bond motifs is 1. The van der Waals surface area contributed by atoms with Crippen LogP contribution in [0.25, 0.3) is 0 Å². The van der Waals surface area contributed by atoms with E-state index in [1.807, 2.05) is 44.2 Å². The average Bonchev–Trinajstić information content (AvgIpc) is 3.50. The number of carbonyl (C=O) groups is 1. The van der Waals surface area contributed by atoms with Gasteiger partial charge in [0.1, 0.15) is 0 Å². The number of rotatable bonds is 12. The molecule has 2 saturated heterocycles. The van der Waals surface area contributed by atoms with Crippen LogP contribution in [-0.2, 0) is 37.3 Å². The Morgan fingerprint density at radius 1 is 1.10 bits per heavy atom. The summed E-state index contributed by atoms with van der Waals surface area (Å²) in [5.74, 6) is 0.171. The molecular weight excluding hydrogens is 524 g/mol. The van der Waals surface area contributed by atoms with Crippen molar-refractivity contribution in [2.24, 2.45) is 11.8 Å². The zero-order valence-corrected chi connectivity index (χ0v) is 23.1. The van der Waals surface area contributed by atoms with Gasteiger partial charge in [-0.1, -0.05) is 56.3 Å². The van der Waals surface area contributed by atoms with Crippen molar-refractivity contribution in [2.45, 2.75) is 69.3 Å². The highest BCUT2D eigenvalue weighted by Crippen LogP contribution is 2.35. The number of carbonyl (C=O) groups excluding carboxylic acids is 1. The van der Waals surface area contributed by atoms with E-state index in [0.717, 1.165) is 12.0 Å². The Morgan fingerprint density at radius 2 is 1.82 bits per heavy atom. The quantitative estimate of drug-likeness (QED) is 0.359. The van der Waals surface area contributed by atoms with Crippen LogP contribution in [0, 0.1) is 11.8 Å². The lowest BCUT2D eigenvalue weighted by Crippen LogP contribution is -2.51. The maximum atomic E-state index is 13.5. The lowest BCUT2D eigenvalue weighted by Gasteiger charge is -2.30. The average molecular weight is 563 g/mol. The molecule has 0 radical (unpaired) electrons. The molecule has 2 aliphatic heterocycles. The van der Waals surface area contributed by atoms with Crippen LogP contribution >= 0.6 is 0 Å². The maximum Gasteiger partial charge on any atom is 0.409 e. The Balaban J connectivity index is 1.49. The fourth-order valence-corrected chi connectivity index (χ4v) is 6.52. The van der Waals surface area contributed by atoms with Crippen LogP contribution in [0.15, 0.2) is 59.5 Å². The fraction of sp³-hybridized carbons (Fsp3) is 0.536. The molecule has 1 amide bonds. The third-order valence-corrected chi connectivity index (χ3v) is 8.79. The number of hydrogen-bond donors (Lipinski definition) is 3. The molecule has 39 heavy (non-hydrogen) atoms. The van der Waals surface area contributed by atoms with E-state index < -0.39 is 34.6 Å². The van der Waals surface area contributed by atoms with Crippen molar-refractivity contribution in [1.29, 1.82) is 0 Å². The summed E-state index contributed by atoms with van der Waals surface area (Å²) in [5.41, 5.74) is 1.45. The van der Waals surface area contributed by atoms with Crippen molar-refractivity contribution < 1.29 is 37.6 Å². The Hall–Kier alpha value is -2.54.